The number of anilines is 1. The van der Waals surface area contributed by atoms with Crippen LogP contribution >= 0.6 is 0 Å². The maximum atomic E-state index is 12.6. The van der Waals surface area contributed by atoms with E-state index in [4.69, 9.17) is 10.5 Å². The molecular weight excluding hydrogens is 352 g/mol. The molecule has 3 aromatic carbocycles. The Morgan fingerprint density at radius 3 is 2.46 bits per heavy atom. The van der Waals surface area contributed by atoms with Crippen LogP contribution in [0, 0.1) is 13.8 Å². The second kappa shape index (κ2) is 8.39. The van der Waals surface area contributed by atoms with Crippen molar-refractivity contribution in [2.24, 2.45) is 5.73 Å². The van der Waals surface area contributed by atoms with Gasteiger partial charge in [0.05, 0.1) is 0 Å². The van der Waals surface area contributed by atoms with Gasteiger partial charge in [0.1, 0.15) is 12.4 Å². The number of amides is 2. The average Bonchev–Trinajstić information content (AvgIpc) is 2.66. The highest BCUT2D eigenvalue weighted by atomic mass is 16.5. The molecule has 3 rings (SSSR count). The molecule has 0 aliphatic heterocycles. The maximum absolute atomic E-state index is 12.6. The molecule has 0 spiro atoms. The standard InChI is InChI=1S/C23H22N2O3/c1-15-5-3-6-17(11-15)14-28-20-8-4-7-18(13-20)23(27)25-19-9-10-21(22(24)26)16(2)12-19/h3-13H,14H2,1-2H3,(H2,24,26)(H,25,27). The van der Waals surface area contributed by atoms with Crippen molar-refractivity contribution in [3.63, 3.8) is 0 Å². The van der Waals surface area contributed by atoms with Crippen LogP contribution in [0.25, 0.3) is 0 Å². The zero-order valence-electron chi connectivity index (χ0n) is 15.9. The summed E-state index contributed by atoms with van der Waals surface area (Å²) in [6, 6.07) is 20.1. The first kappa shape index (κ1) is 19.2. The van der Waals surface area contributed by atoms with E-state index in [-0.39, 0.29) is 5.91 Å². The highest BCUT2D eigenvalue weighted by molar-refractivity contribution is 6.05. The normalized spacial score (nSPS) is 10.4. The van der Waals surface area contributed by atoms with Gasteiger partial charge in [0.15, 0.2) is 0 Å². The van der Waals surface area contributed by atoms with Gasteiger partial charge in [-0.3, -0.25) is 9.59 Å². The molecule has 0 aliphatic rings. The fourth-order valence-electron chi connectivity index (χ4n) is 2.92. The molecule has 0 heterocycles. The van der Waals surface area contributed by atoms with Crippen molar-refractivity contribution in [3.05, 3.63) is 94.5 Å². The van der Waals surface area contributed by atoms with Crippen molar-refractivity contribution in [1.29, 1.82) is 0 Å². The van der Waals surface area contributed by atoms with Gasteiger partial charge < -0.3 is 15.8 Å². The lowest BCUT2D eigenvalue weighted by Crippen LogP contribution is -2.15. The minimum atomic E-state index is -0.492. The lowest BCUT2D eigenvalue weighted by atomic mass is 10.1. The molecule has 3 aromatic rings. The molecule has 0 saturated carbocycles. The number of carbonyl (C=O) groups excluding carboxylic acids is 2. The monoisotopic (exact) mass is 374 g/mol. The summed E-state index contributed by atoms with van der Waals surface area (Å²) in [7, 11) is 0. The SMILES string of the molecule is Cc1cccc(COc2cccc(C(=O)Nc3ccc(C(N)=O)c(C)c3)c2)c1. The third-order valence-electron chi connectivity index (χ3n) is 4.33. The largest absolute Gasteiger partial charge is 0.489 e. The van der Waals surface area contributed by atoms with E-state index in [1.165, 1.54) is 5.56 Å². The Kier molecular flexibility index (Phi) is 5.75. The number of carbonyl (C=O) groups is 2. The molecule has 0 aliphatic carbocycles. The van der Waals surface area contributed by atoms with Gasteiger partial charge in [-0.05, 0) is 61.4 Å². The molecule has 0 aromatic heterocycles. The van der Waals surface area contributed by atoms with Crippen LogP contribution in [0.2, 0.25) is 0 Å². The Morgan fingerprint density at radius 2 is 1.75 bits per heavy atom. The van der Waals surface area contributed by atoms with E-state index in [9.17, 15) is 9.59 Å². The van der Waals surface area contributed by atoms with Gasteiger partial charge in [0.25, 0.3) is 5.91 Å². The zero-order valence-corrected chi connectivity index (χ0v) is 15.9. The van der Waals surface area contributed by atoms with Crippen molar-refractivity contribution < 1.29 is 14.3 Å². The summed E-state index contributed by atoms with van der Waals surface area (Å²) in [6.45, 7) is 4.24. The number of primary amides is 1. The smallest absolute Gasteiger partial charge is 0.255 e. The Bertz CT molecular complexity index is 1030. The fraction of sp³-hybridized carbons (Fsp3) is 0.130. The highest BCUT2D eigenvalue weighted by Gasteiger charge is 2.10. The van der Waals surface area contributed by atoms with Crippen LogP contribution < -0.4 is 15.8 Å². The number of hydrogen-bond acceptors (Lipinski definition) is 3. The van der Waals surface area contributed by atoms with Crippen LogP contribution in [0.1, 0.15) is 37.4 Å². The molecule has 28 heavy (non-hydrogen) atoms. The second-order valence-electron chi connectivity index (χ2n) is 6.65. The Morgan fingerprint density at radius 1 is 0.964 bits per heavy atom. The van der Waals surface area contributed by atoms with E-state index < -0.39 is 5.91 Å². The van der Waals surface area contributed by atoms with Gasteiger partial charge in [-0.1, -0.05) is 35.9 Å². The van der Waals surface area contributed by atoms with E-state index in [1.54, 1.807) is 43.3 Å². The molecule has 0 radical (unpaired) electrons. The van der Waals surface area contributed by atoms with Crippen LogP contribution in [0.3, 0.4) is 0 Å². The van der Waals surface area contributed by atoms with Crippen molar-refractivity contribution in [2.45, 2.75) is 20.5 Å². The van der Waals surface area contributed by atoms with Crippen LogP contribution in [0.15, 0.2) is 66.7 Å². The van der Waals surface area contributed by atoms with Crippen LogP contribution in [-0.4, -0.2) is 11.8 Å². The van der Waals surface area contributed by atoms with Crippen molar-refractivity contribution in [2.75, 3.05) is 5.32 Å². The van der Waals surface area contributed by atoms with E-state index in [1.807, 2.05) is 31.2 Å². The molecule has 142 valence electrons. The number of benzene rings is 3. The molecule has 2 amide bonds. The summed E-state index contributed by atoms with van der Waals surface area (Å²) < 4.78 is 5.82. The van der Waals surface area contributed by atoms with Crippen LogP contribution in [-0.2, 0) is 6.61 Å². The highest BCUT2D eigenvalue weighted by Crippen LogP contribution is 2.19. The van der Waals surface area contributed by atoms with Crippen LogP contribution in [0.4, 0.5) is 5.69 Å². The van der Waals surface area contributed by atoms with Gasteiger partial charge >= 0.3 is 0 Å². The molecule has 5 nitrogen and oxygen atoms in total. The summed E-state index contributed by atoms with van der Waals surface area (Å²) in [5.41, 5.74) is 9.78. The Hall–Kier alpha value is -3.60. The fourth-order valence-corrected chi connectivity index (χ4v) is 2.92. The third kappa shape index (κ3) is 4.76. The zero-order chi connectivity index (χ0) is 20.1. The summed E-state index contributed by atoms with van der Waals surface area (Å²) >= 11 is 0. The van der Waals surface area contributed by atoms with Gasteiger partial charge in [0, 0.05) is 16.8 Å². The first-order valence-corrected chi connectivity index (χ1v) is 8.92. The average molecular weight is 374 g/mol. The molecule has 0 atom stereocenters. The predicted octanol–water partition coefficient (Wildman–Crippen LogP) is 4.23. The topological polar surface area (TPSA) is 81.4 Å². The van der Waals surface area contributed by atoms with E-state index in [0.717, 1.165) is 5.56 Å². The number of rotatable bonds is 6. The molecule has 0 saturated heterocycles. The first-order valence-electron chi connectivity index (χ1n) is 8.92. The summed E-state index contributed by atoms with van der Waals surface area (Å²) in [5, 5.41) is 2.83. The van der Waals surface area contributed by atoms with Gasteiger partial charge in [-0.15, -0.1) is 0 Å². The van der Waals surface area contributed by atoms with E-state index >= 15 is 0 Å². The summed E-state index contributed by atoms with van der Waals surface area (Å²) in [4.78, 5) is 23.9. The third-order valence-corrected chi connectivity index (χ3v) is 4.33. The van der Waals surface area contributed by atoms with Crippen molar-refractivity contribution in [3.8, 4) is 5.75 Å². The van der Waals surface area contributed by atoms with E-state index in [0.29, 0.717) is 34.7 Å². The quantitative estimate of drug-likeness (QED) is 0.677. The first-order chi connectivity index (χ1) is 13.4. The minimum absolute atomic E-state index is 0.257. The molecule has 3 N–H and O–H groups in total. The minimum Gasteiger partial charge on any atom is -0.489 e. The Labute approximate surface area is 164 Å². The van der Waals surface area contributed by atoms with Crippen molar-refractivity contribution >= 4 is 17.5 Å². The van der Waals surface area contributed by atoms with Gasteiger partial charge in [-0.2, -0.15) is 0 Å². The van der Waals surface area contributed by atoms with Crippen molar-refractivity contribution in [1.82, 2.24) is 0 Å². The number of ether oxygens (including phenoxy) is 1. The number of nitrogens with two attached hydrogens (primary N) is 1. The summed E-state index contributed by atoms with van der Waals surface area (Å²) in [5.74, 6) is -0.129. The molecule has 0 bridgehead atoms. The second-order valence-corrected chi connectivity index (χ2v) is 6.65. The summed E-state index contributed by atoms with van der Waals surface area (Å²) in [6.07, 6.45) is 0. The molecular formula is C23H22N2O3. The lowest BCUT2D eigenvalue weighted by Gasteiger charge is -2.10. The van der Waals surface area contributed by atoms with E-state index in [2.05, 4.69) is 11.4 Å². The number of aryl methyl sites for hydroxylation is 2. The van der Waals surface area contributed by atoms with Gasteiger partial charge in [0.2, 0.25) is 5.91 Å². The number of hydrogen-bond donors (Lipinski definition) is 2. The molecule has 0 unspecified atom stereocenters. The molecule has 5 heteroatoms. The Balaban J connectivity index is 1.68. The predicted molar refractivity (Wildman–Crippen MR) is 110 cm³/mol. The molecule has 0 fully saturated rings. The van der Waals surface area contributed by atoms with Crippen LogP contribution in [0.5, 0.6) is 5.75 Å². The van der Waals surface area contributed by atoms with Gasteiger partial charge in [-0.25, -0.2) is 0 Å². The lowest BCUT2D eigenvalue weighted by molar-refractivity contribution is 0.0997. The maximum Gasteiger partial charge on any atom is 0.255 e. The number of nitrogens with one attached hydrogen (secondary N) is 1.